The second kappa shape index (κ2) is 7.50. The predicted molar refractivity (Wildman–Crippen MR) is 107 cm³/mol. The number of ether oxygens (including phenoxy) is 1. The van der Waals surface area contributed by atoms with Gasteiger partial charge in [0.15, 0.2) is 0 Å². The molecule has 2 aromatic carbocycles. The minimum absolute atomic E-state index is 0.181. The summed E-state index contributed by atoms with van der Waals surface area (Å²) in [5.41, 5.74) is 4.71. The Morgan fingerprint density at radius 1 is 1.11 bits per heavy atom. The second-order valence-electron chi connectivity index (χ2n) is 6.50. The van der Waals surface area contributed by atoms with E-state index in [1.54, 1.807) is 13.3 Å². The molecule has 1 amide bonds. The highest BCUT2D eigenvalue weighted by Gasteiger charge is 2.19. The van der Waals surface area contributed by atoms with E-state index in [2.05, 4.69) is 33.4 Å². The summed E-state index contributed by atoms with van der Waals surface area (Å²) in [6.07, 6.45) is 5.57. The monoisotopic (exact) mass is 359 g/mol. The van der Waals surface area contributed by atoms with Gasteiger partial charge in [-0.15, -0.1) is 0 Å². The van der Waals surface area contributed by atoms with Crippen molar-refractivity contribution in [3.05, 3.63) is 78.1 Å². The Bertz CT molecular complexity index is 954. The van der Waals surface area contributed by atoms with E-state index >= 15 is 0 Å². The van der Waals surface area contributed by atoms with Gasteiger partial charge in [0.05, 0.1) is 24.6 Å². The fourth-order valence-corrected chi connectivity index (χ4v) is 3.38. The van der Waals surface area contributed by atoms with E-state index in [-0.39, 0.29) is 5.91 Å². The maximum atomic E-state index is 12.6. The van der Waals surface area contributed by atoms with Crippen molar-refractivity contribution in [2.24, 2.45) is 0 Å². The molecule has 1 N–H and O–H groups in total. The first kappa shape index (κ1) is 17.1. The highest BCUT2D eigenvalue weighted by atomic mass is 16.5. The minimum atomic E-state index is -0.181. The predicted octanol–water partition coefficient (Wildman–Crippen LogP) is 4.43. The SMILES string of the molecule is COc1ccc(NC(=O)c2cncc(N3CCCc4ccccc43)c2)cc1. The lowest BCUT2D eigenvalue weighted by Crippen LogP contribution is -2.25. The lowest BCUT2D eigenvalue weighted by Gasteiger charge is -2.31. The number of hydrogen-bond acceptors (Lipinski definition) is 4. The molecule has 0 unspecified atom stereocenters. The zero-order chi connectivity index (χ0) is 18.6. The number of carbonyl (C=O) groups is 1. The Kier molecular flexibility index (Phi) is 4.75. The van der Waals surface area contributed by atoms with E-state index in [0.29, 0.717) is 5.56 Å². The number of benzene rings is 2. The summed E-state index contributed by atoms with van der Waals surface area (Å²) in [7, 11) is 1.61. The molecule has 136 valence electrons. The molecule has 3 aromatic rings. The molecule has 2 heterocycles. The van der Waals surface area contributed by atoms with Crippen molar-refractivity contribution in [3.8, 4) is 5.75 Å². The zero-order valence-corrected chi connectivity index (χ0v) is 15.2. The number of aryl methyl sites for hydroxylation is 1. The fraction of sp³-hybridized carbons (Fsp3) is 0.182. The van der Waals surface area contributed by atoms with Crippen LogP contribution in [0.15, 0.2) is 67.0 Å². The molecule has 0 aliphatic carbocycles. The van der Waals surface area contributed by atoms with E-state index in [1.807, 2.05) is 42.6 Å². The van der Waals surface area contributed by atoms with Crippen LogP contribution in [0.3, 0.4) is 0 Å². The summed E-state index contributed by atoms with van der Waals surface area (Å²) < 4.78 is 5.14. The van der Waals surface area contributed by atoms with E-state index in [0.717, 1.165) is 36.5 Å². The van der Waals surface area contributed by atoms with Crippen LogP contribution in [-0.2, 0) is 6.42 Å². The number of rotatable bonds is 4. The average Bonchev–Trinajstić information content (AvgIpc) is 2.74. The molecular formula is C22H21N3O2. The van der Waals surface area contributed by atoms with Crippen LogP contribution in [0.1, 0.15) is 22.3 Å². The molecule has 5 nitrogen and oxygen atoms in total. The molecule has 1 aliphatic heterocycles. The number of methoxy groups -OCH3 is 1. The van der Waals surface area contributed by atoms with Crippen molar-refractivity contribution >= 4 is 23.0 Å². The third kappa shape index (κ3) is 3.62. The molecule has 27 heavy (non-hydrogen) atoms. The molecule has 0 saturated carbocycles. The summed E-state index contributed by atoms with van der Waals surface area (Å²) in [4.78, 5) is 19.2. The van der Waals surface area contributed by atoms with Gasteiger partial charge in [0.25, 0.3) is 5.91 Å². The van der Waals surface area contributed by atoms with Crippen LogP contribution in [0.25, 0.3) is 0 Å². The van der Waals surface area contributed by atoms with Gasteiger partial charge >= 0.3 is 0 Å². The van der Waals surface area contributed by atoms with Gasteiger partial charge in [0, 0.05) is 24.1 Å². The van der Waals surface area contributed by atoms with E-state index < -0.39 is 0 Å². The average molecular weight is 359 g/mol. The standard InChI is InChI=1S/C22H21N3O2/c1-27-20-10-8-18(9-11-20)24-22(26)17-13-19(15-23-14-17)25-12-4-6-16-5-2-3-7-21(16)25/h2-3,5,7-11,13-15H,4,6,12H2,1H3,(H,24,26). The molecule has 4 rings (SSSR count). The molecule has 0 fully saturated rings. The maximum Gasteiger partial charge on any atom is 0.257 e. The number of carbonyl (C=O) groups excluding carboxylic acids is 1. The number of para-hydroxylation sites is 1. The molecule has 0 saturated heterocycles. The Hall–Kier alpha value is -3.34. The summed E-state index contributed by atoms with van der Waals surface area (Å²) in [6.45, 7) is 0.919. The van der Waals surface area contributed by atoms with Crippen LogP contribution in [0.4, 0.5) is 17.1 Å². The van der Waals surface area contributed by atoms with Crippen molar-refractivity contribution < 1.29 is 9.53 Å². The molecule has 0 radical (unpaired) electrons. The molecule has 0 atom stereocenters. The Morgan fingerprint density at radius 3 is 2.74 bits per heavy atom. The van der Waals surface area contributed by atoms with Crippen LogP contribution in [0.5, 0.6) is 5.75 Å². The highest BCUT2D eigenvalue weighted by Crippen LogP contribution is 2.33. The molecule has 1 aromatic heterocycles. The topological polar surface area (TPSA) is 54.5 Å². The number of nitrogens with one attached hydrogen (secondary N) is 1. The molecule has 0 spiro atoms. The molecule has 0 bridgehead atoms. The van der Waals surface area contributed by atoms with E-state index in [9.17, 15) is 4.79 Å². The normalized spacial score (nSPS) is 13.0. The summed E-state index contributed by atoms with van der Waals surface area (Å²) in [6, 6.07) is 17.6. The first-order valence-corrected chi connectivity index (χ1v) is 9.00. The van der Waals surface area contributed by atoms with Crippen molar-refractivity contribution in [1.82, 2.24) is 4.98 Å². The third-order valence-electron chi connectivity index (χ3n) is 4.76. The Morgan fingerprint density at radius 2 is 1.93 bits per heavy atom. The number of anilines is 3. The number of hydrogen-bond donors (Lipinski definition) is 1. The quantitative estimate of drug-likeness (QED) is 0.749. The maximum absolute atomic E-state index is 12.6. The van der Waals surface area contributed by atoms with Gasteiger partial charge in [-0.3, -0.25) is 9.78 Å². The number of aromatic nitrogens is 1. The highest BCUT2D eigenvalue weighted by molar-refractivity contribution is 6.04. The van der Waals surface area contributed by atoms with E-state index in [1.165, 1.54) is 11.3 Å². The number of fused-ring (bicyclic) bond motifs is 1. The number of pyridine rings is 1. The summed E-state index contributed by atoms with van der Waals surface area (Å²) in [5.74, 6) is 0.570. The van der Waals surface area contributed by atoms with Crippen molar-refractivity contribution in [1.29, 1.82) is 0 Å². The van der Waals surface area contributed by atoms with E-state index in [4.69, 9.17) is 4.74 Å². The van der Waals surface area contributed by atoms with Gasteiger partial charge in [-0.05, 0) is 54.8 Å². The van der Waals surface area contributed by atoms with Gasteiger partial charge in [0.1, 0.15) is 5.75 Å². The van der Waals surface area contributed by atoms with Crippen LogP contribution >= 0.6 is 0 Å². The first-order chi connectivity index (χ1) is 13.2. The van der Waals surface area contributed by atoms with Gasteiger partial charge in [-0.2, -0.15) is 0 Å². The van der Waals surface area contributed by atoms with Crippen LogP contribution in [0, 0.1) is 0 Å². The second-order valence-corrected chi connectivity index (χ2v) is 6.50. The third-order valence-corrected chi connectivity index (χ3v) is 4.76. The number of amides is 1. The van der Waals surface area contributed by atoms with Gasteiger partial charge in [0.2, 0.25) is 0 Å². The van der Waals surface area contributed by atoms with Crippen molar-refractivity contribution in [2.45, 2.75) is 12.8 Å². The molecular weight excluding hydrogens is 338 g/mol. The number of nitrogens with zero attached hydrogens (tertiary/aromatic N) is 2. The minimum Gasteiger partial charge on any atom is -0.497 e. The molecule has 1 aliphatic rings. The van der Waals surface area contributed by atoms with Crippen LogP contribution in [-0.4, -0.2) is 24.5 Å². The zero-order valence-electron chi connectivity index (χ0n) is 15.2. The van der Waals surface area contributed by atoms with Gasteiger partial charge in [-0.1, -0.05) is 18.2 Å². The smallest absolute Gasteiger partial charge is 0.257 e. The van der Waals surface area contributed by atoms with Crippen LogP contribution in [0.2, 0.25) is 0 Å². The Balaban J connectivity index is 1.56. The lowest BCUT2D eigenvalue weighted by atomic mass is 10.0. The Labute approximate surface area is 158 Å². The van der Waals surface area contributed by atoms with Crippen molar-refractivity contribution in [2.75, 3.05) is 23.9 Å². The first-order valence-electron chi connectivity index (χ1n) is 9.00. The summed E-state index contributed by atoms with van der Waals surface area (Å²) in [5, 5.41) is 2.91. The van der Waals surface area contributed by atoms with Gasteiger partial charge < -0.3 is 15.0 Å². The largest absolute Gasteiger partial charge is 0.497 e. The fourth-order valence-electron chi connectivity index (χ4n) is 3.38. The van der Waals surface area contributed by atoms with Crippen molar-refractivity contribution in [3.63, 3.8) is 0 Å². The van der Waals surface area contributed by atoms with Gasteiger partial charge in [-0.25, -0.2) is 0 Å². The lowest BCUT2D eigenvalue weighted by molar-refractivity contribution is 0.102. The summed E-state index contributed by atoms with van der Waals surface area (Å²) >= 11 is 0. The van der Waals surface area contributed by atoms with Crippen LogP contribution < -0.4 is 15.0 Å². The molecule has 5 heteroatoms.